The van der Waals surface area contributed by atoms with Gasteiger partial charge in [-0.05, 0) is 47.5 Å². The second kappa shape index (κ2) is 6.48. The second-order valence-corrected chi connectivity index (χ2v) is 6.01. The predicted molar refractivity (Wildman–Crippen MR) is 95.6 cm³/mol. The Kier molecular flexibility index (Phi) is 4.02. The molecule has 1 aliphatic rings. The predicted octanol–water partition coefficient (Wildman–Crippen LogP) is 5.32. The number of anilines is 1. The standard InChI is InChI=1S/C21H16F2N2/c22-17-10-6-15(7-11-17)20-14-21(16-8-12-18(23)13-9-16)25(24-20)19-4-2-1-3-5-19/h1-13,21H,14H2. The summed E-state index contributed by atoms with van der Waals surface area (Å²) in [7, 11) is 0. The van der Waals surface area contributed by atoms with Gasteiger partial charge in [0.25, 0.3) is 0 Å². The lowest BCUT2D eigenvalue weighted by Gasteiger charge is -2.23. The quantitative estimate of drug-likeness (QED) is 0.633. The molecule has 1 heterocycles. The van der Waals surface area contributed by atoms with Gasteiger partial charge in [0.15, 0.2) is 0 Å². The van der Waals surface area contributed by atoms with Gasteiger partial charge >= 0.3 is 0 Å². The Balaban J connectivity index is 1.73. The van der Waals surface area contributed by atoms with Crippen LogP contribution in [0.3, 0.4) is 0 Å². The van der Waals surface area contributed by atoms with E-state index < -0.39 is 0 Å². The van der Waals surface area contributed by atoms with Crippen molar-refractivity contribution >= 4 is 11.4 Å². The van der Waals surface area contributed by atoms with Gasteiger partial charge in [0.1, 0.15) is 11.6 Å². The Morgan fingerprint density at radius 2 is 1.36 bits per heavy atom. The molecule has 3 aromatic rings. The third kappa shape index (κ3) is 3.15. The summed E-state index contributed by atoms with van der Waals surface area (Å²) in [6.07, 6.45) is 0.673. The fourth-order valence-electron chi connectivity index (χ4n) is 3.09. The number of hydrazone groups is 1. The topological polar surface area (TPSA) is 15.6 Å². The molecule has 4 rings (SSSR count). The number of rotatable bonds is 3. The van der Waals surface area contributed by atoms with E-state index in [9.17, 15) is 8.78 Å². The second-order valence-electron chi connectivity index (χ2n) is 6.01. The van der Waals surface area contributed by atoms with E-state index in [1.54, 1.807) is 24.3 Å². The highest BCUT2D eigenvalue weighted by Gasteiger charge is 2.29. The molecule has 1 aliphatic heterocycles. The van der Waals surface area contributed by atoms with Crippen molar-refractivity contribution in [2.24, 2.45) is 5.10 Å². The van der Waals surface area contributed by atoms with Crippen LogP contribution >= 0.6 is 0 Å². The van der Waals surface area contributed by atoms with Gasteiger partial charge in [-0.1, -0.05) is 42.5 Å². The molecule has 0 saturated heterocycles. The first kappa shape index (κ1) is 15.5. The minimum Gasteiger partial charge on any atom is -0.257 e. The number of nitrogens with zero attached hydrogens (tertiary/aromatic N) is 2. The molecule has 1 atom stereocenters. The first-order valence-corrected chi connectivity index (χ1v) is 8.14. The van der Waals surface area contributed by atoms with Gasteiger partial charge in [-0.25, -0.2) is 8.78 Å². The molecule has 0 spiro atoms. The van der Waals surface area contributed by atoms with Crippen molar-refractivity contribution in [2.75, 3.05) is 5.01 Å². The Morgan fingerprint density at radius 1 is 0.760 bits per heavy atom. The van der Waals surface area contributed by atoms with Gasteiger partial charge in [-0.15, -0.1) is 0 Å². The summed E-state index contributed by atoms with van der Waals surface area (Å²) >= 11 is 0. The summed E-state index contributed by atoms with van der Waals surface area (Å²) < 4.78 is 26.5. The Labute approximate surface area is 145 Å². The molecule has 0 aliphatic carbocycles. The third-order valence-electron chi connectivity index (χ3n) is 4.36. The average molecular weight is 334 g/mol. The van der Waals surface area contributed by atoms with Crippen molar-refractivity contribution < 1.29 is 8.78 Å². The lowest BCUT2D eigenvalue weighted by atomic mass is 9.98. The SMILES string of the molecule is Fc1ccc(C2=NN(c3ccccc3)C(c3ccc(F)cc3)C2)cc1. The zero-order valence-corrected chi connectivity index (χ0v) is 13.4. The van der Waals surface area contributed by atoms with Crippen LogP contribution in [-0.2, 0) is 0 Å². The fraction of sp³-hybridized carbons (Fsp3) is 0.0952. The van der Waals surface area contributed by atoms with Gasteiger partial charge in [-0.2, -0.15) is 5.10 Å². The van der Waals surface area contributed by atoms with E-state index in [0.29, 0.717) is 6.42 Å². The molecule has 4 heteroatoms. The summed E-state index contributed by atoms with van der Waals surface area (Å²) in [5, 5.41) is 6.72. The van der Waals surface area contributed by atoms with Gasteiger partial charge in [0.05, 0.1) is 17.4 Å². The molecule has 1 unspecified atom stereocenters. The van der Waals surface area contributed by atoms with Gasteiger partial charge in [0.2, 0.25) is 0 Å². The molecule has 0 amide bonds. The van der Waals surface area contributed by atoms with Crippen LogP contribution in [0.2, 0.25) is 0 Å². The van der Waals surface area contributed by atoms with E-state index in [4.69, 9.17) is 5.10 Å². The number of hydrogen-bond donors (Lipinski definition) is 0. The molecular formula is C21H16F2N2. The summed E-state index contributed by atoms with van der Waals surface area (Å²) in [5.74, 6) is -0.523. The van der Waals surface area contributed by atoms with E-state index in [2.05, 4.69) is 0 Å². The molecule has 0 fully saturated rings. The monoisotopic (exact) mass is 334 g/mol. The number of halogens is 2. The van der Waals surface area contributed by atoms with Crippen LogP contribution in [0.4, 0.5) is 14.5 Å². The molecule has 0 saturated carbocycles. The van der Waals surface area contributed by atoms with Crippen molar-refractivity contribution in [3.05, 3.63) is 102 Å². The number of para-hydroxylation sites is 1. The Bertz CT molecular complexity index is 887. The lowest BCUT2D eigenvalue weighted by Crippen LogP contribution is -2.18. The van der Waals surface area contributed by atoms with Crippen molar-refractivity contribution in [1.29, 1.82) is 0 Å². The van der Waals surface area contributed by atoms with Crippen LogP contribution in [0.5, 0.6) is 0 Å². The maximum atomic E-state index is 13.3. The highest BCUT2D eigenvalue weighted by atomic mass is 19.1. The Morgan fingerprint density at radius 3 is 2.00 bits per heavy atom. The van der Waals surface area contributed by atoms with Crippen LogP contribution in [0.1, 0.15) is 23.6 Å². The molecule has 0 aromatic heterocycles. The normalized spacial score (nSPS) is 16.8. The molecule has 3 aromatic carbocycles. The van der Waals surface area contributed by atoms with Gasteiger partial charge in [-0.3, -0.25) is 5.01 Å². The van der Waals surface area contributed by atoms with Crippen LogP contribution < -0.4 is 5.01 Å². The molecular weight excluding hydrogens is 318 g/mol. The van der Waals surface area contributed by atoms with Crippen molar-refractivity contribution in [2.45, 2.75) is 12.5 Å². The minimum atomic E-state index is -0.266. The first-order valence-electron chi connectivity index (χ1n) is 8.14. The molecule has 25 heavy (non-hydrogen) atoms. The zero-order valence-electron chi connectivity index (χ0n) is 13.4. The molecule has 0 radical (unpaired) electrons. The van der Waals surface area contributed by atoms with E-state index in [0.717, 1.165) is 22.5 Å². The minimum absolute atomic E-state index is 0.0250. The summed E-state index contributed by atoms with van der Waals surface area (Å²) in [4.78, 5) is 0. The Hall–Kier alpha value is -3.01. The van der Waals surface area contributed by atoms with Crippen LogP contribution in [0.15, 0.2) is 84.0 Å². The molecule has 124 valence electrons. The fourth-order valence-corrected chi connectivity index (χ4v) is 3.09. The van der Waals surface area contributed by atoms with Crippen LogP contribution in [0.25, 0.3) is 0 Å². The maximum Gasteiger partial charge on any atom is 0.123 e. The highest BCUT2D eigenvalue weighted by molar-refractivity contribution is 6.03. The largest absolute Gasteiger partial charge is 0.257 e. The maximum absolute atomic E-state index is 13.3. The van der Waals surface area contributed by atoms with Gasteiger partial charge < -0.3 is 0 Å². The number of hydrogen-bond acceptors (Lipinski definition) is 2. The van der Waals surface area contributed by atoms with E-state index in [1.165, 1.54) is 24.3 Å². The molecule has 0 bridgehead atoms. The van der Waals surface area contributed by atoms with Crippen molar-refractivity contribution in [3.8, 4) is 0 Å². The van der Waals surface area contributed by atoms with E-state index >= 15 is 0 Å². The third-order valence-corrected chi connectivity index (χ3v) is 4.36. The van der Waals surface area contributed by atoms with E-state index in [1.807, 2.05) is 35.3 Å². The highest BCUT2D eigenvalue weighted by Crippen LogP contribution is 2.36. The van der Waals surface area contributed by atoms with Crippen molar-refractivity contribution in [3.63, 3.8) is 0 Å². The average Bonchev–Trinajstić information content (AvgIpc) is 3.09. The van der Waals surface area contributed by atoms with Gasteiger partial charge in [0, 0.05) is 6.42 Å². The van der Waals surface area contributed by atoms with E-state index in [-0.39, 0.29) is 17.7 Å². The van der Waals surface area contributed by atoms with Crippen LogP contribution in [-0.4, -0.2) is 5.71 Å². The van der Waals surface area contributed by atoms with Crippen molar-refractivity contribution in [1.82, 2.24) is 0 Å². The summed E-state index contributed by atoms with van der Waals surface area (Å²) in [6.45, 7) is 0. The zero-order chi connectivity index (χ0) is 17.2. The van der Waals surface area contributed by atoms with Crippen LogP contribution in [0, 0.1) is 11.6 Å². The summed E-state index contributed by atoms with van der Waals surface area (Å²) in [5.41, 5.74) is 3.74. The summed E-state index contributed by atoms with van der Waals surface area (Å²) in [6, 6.07) is 22.7. The molecule has 2 nitrogen and oxygen atoms in total. The lowest BCUT2D eigenvalue weighted by molar-refractivity contribution is 0.624. The smallest absolute Gasteiger partial charge is 0.123 e. The first-order chi connectivity index (χ1) is 12.2. The number of benzene rings is 3. The molecule has 0 N–H and O–H groups in total.